The van der Waals surface area contributed by atoms with E-state index in [0.29, 0.717) is 38.1 Å². The number of esters is 1. The summed E-state index contributed by atoms with van der Waals surface area (Å²) in [5.41, 5.74) is 1.95. The molecular formula is C32H47N3O3. The van der Waals surface area contributed by atoms with Gasteiger partial charge in [-0.05, 0) is 43.4 Å². The van der Waals surface area contributed by atoms with Crippen LogP contribution in [0.2, 0.25) is 0 Å². The van der Waals surface area contributed by atoms with E-state index >= 15 is 0 Å². The quantitative estimate of drug-likeness (QED) is 0.129. The number of likely N-dealkylation sites (tertiary alicyclic amines) is 1. The lowest BCUT2D eigenvalue weighted by Gasteiger charge is -2.31. The fourth-order valence-corrected chi connectivity index (χ4v) is 5.01. The molecule has 0 saturated carbocycles. The number of amides is 1. The normalized spacial score (nSPS) is 14.0. The fraction of sp³-hybridized carbons (Fsp3) is 0.625. The Morgan fingerprint density at radius 2 is 1.37 bits per heavy atom. The van der Waals surface area contributed by atoms with E-state index in [1.54, 1.807) is 0 Å². The largest absolute Gasteiger partial charge is 0.426 e. The van der Waals surface area contributed by atoms with Gasteiger partial charge in [0.1, 0.15) is 11.6 Å². The van der Waals surface area contributed by atoms with Gasteiger partial charge in [0.2, 0.25) is 5.91 Å². The SMILES string of the molecule is CCCCCCCCc1ncc(-c2ccc(OC(=O)C3CCN(C(=O)CCCCCCC)CC3)cc2)cn1. The number of carbonyl (C=O) groups excluding carboxylic acids is 2. The highest BCUT2D eigenvalue weighted by molar-refractivity contribution is 5.78. The summed E-state index contributed by atoms with van der Waals surface area (Å²) in [4.78, 5) is 36.2. The summed E-state index contributed by atoms with van der Waals surface area (Å²) in [7, 11) is 0. The highest BCUT2D eigenvalue weighted by Crippen LogP contribution is 2.25. The Balaban J connectivity index is 1.38. The van der Waals surface area contributed by atoms with Crippen molar-refractivity contribution in [2.24, 2.45) is 5.92 Å². The molecule has 1 amide bonds. The second-order valence-corrected chi connectivity index (χ2v) is 10.7. The van der Waals surface area contributed by atoms with Crippen LogP contribution in [0.15, 0.2) is 36.7 Å². The number of aromatic nitrogens is 2. The number of nitrogens with zero attached hydrogens (tertiary/aromatic N) is 3. The van der Waals surface area contributed by atoms with Gasteiger partial charge in [-0.3, -0.25) is 9.59 Å². The molecule has 2 heterocycles. The Morgan fingerprint density at radius 3 is 2.00 bits per heavy atom. The molecule has 0 spiro atoms. The summed E-state index contributed by atoms with van der Waals surface area (Å²) in [5, 5.41) is 0. The van der Waals surface area contributed by atoms with Crippen LogP contribution in [-0.4, -0.2) is 39.8 Å². The zero-order chi connectivity index (χ0) is 27.0. The van der Waals surface area contributed by atoms with Crippen molar-refractivity contribution in [1.29, 1.82) is 0 Å². The second kappa shape index (κ2) is 17.0. The molecule has 1 saturated heterocycles. The van der Waals surface area contributed by atoms with Gasteiger partial charge in [-0.15, -0.1) is 0 Å². The average Bonchev–Trinajstić information content (AvgIpc) is 2.95. The number of aryl methyl sites for hydroxylation is 1. The highest BCUT2D eigenvalue weighted by Gasteiger charge is 2.28. The number of hydrogen-bond donors (Lipinski definition) is 0. The van der Waals surface area contributed by atoms with Crippen molar-refractivity contribution in [1.82, 2.24) is 14.9 Å². The topological polar surface area (TPSA) is 72.4 Å². The number of ether oxygens (including phenoxy) is 1. The Bertz CT molecular complexity index is 951. The maximum atomic E-state index is 12.7. The first-order valence-electron chi connectivity index (χ1n) is 15.0. The monoisotopic (exact) mass is 521 g/mol. The second-order valence-electron chi connectivity index (χ2n) is 10.7. The molecule has 0 aliphatic carbocycles. The van der Waals surface area contributed by atoms with E-state index in [0.717, 1.165) is 42.6 Å². The third-order valence-corrected chi connectivity index (χ3v) is 7.54. The molecule has 1 aliphatic rings. The average molecular weight is 522 g/mol. The van der Waals surface area contributed by atoms with Crippen LogP contribution in [0.3, 0.4) is 0 Å². The molecule has 208 valence electrons. The van der Waals surface area contributed by atoms with Crippen LogP contribution >= 0.6 is 0 Å². The van der Waals surface area contributed by atoms with Crippen LogP contribution in [0, 0.1) is 5.92 Å². The molecule has 2 aromatic rings. The van der Waals surface area contributed by atoms with Crippen molar-refractivity contribution < 1.29 is 14.3 Å². The van der Waals surface area contributed by atoms with Gasteiger partial charge < -0.3 is 9.64 Å². The highest BCUT2D eigenvalue weighted by atomic mass is 16.5. The van der Waals surface area contributed by atoms with Crippen LogP contribution in [0.25, 0.3) is 11.1 Å². The van der Waals surface area contributed by atoms with Gasteiger partial charge in [0, 0.05) is 43.9 Å². The lowest BCUT2D eigenvalue weighted by atomic mass is 9.96. The third kappa shape index (κ3) is 10.2. The number of carbonyl (C=O) groups is 2. The maximum absolute atomic E-state index is 12.7. The first kappa shape index (κ1) is 29.8. The Kier molecular flexibility index (Phi) is 13.3. The Morgan fingerprint density at radius 1 is 0.789 bits per heavy atom. The Hall–Kier alpha value is -2.76. The minimum atomic E-state index is -0.202. The zero-order valence-electron chi connectivity index (χ0n) is 23.6. The summed E-state index contributed by atoms with van der Waals surface area (Å²) in [5.74, 6) is 1.31. The Labute approximate surface area is 229 Å². The molecule has 1 fully saturated rings. The van der Waals surface area contributed by atoms with E-state index < -0.39 is 0 Å². The summed E-state index contributed by atoms with van der Waals surface area (Å²) < 4.78 is 5.67. The fourth-order valence-electron chi connectivity index (χ4n) is 5.01. The van der Waals surface area contributed by atoms with Gasteiger partial charge in [-0.1, -0.05) is 83.8 Å². The number of benzene rings is 1. The number of rotatable bonds is 16. The van der Waals surface area contributed by atoms with Crippen LogP contribution in [0.5, 0.6) is 5.75 Å². The summed E-state index contributed by atoms with van der Waals surface area (Å²) in [6.07, 6.45) is 20.0. The molecule has 0 N–H and O–H groups in total. The molecule has 0 radical (unpaired) electrons. The van der Waals surface area contributed by atoms with Crippen molar-refractivity contribution in [3.05, 3.63) is 42.5 Å². The van der Waals surface area contributed by atoms with Crippen LogP contribution in [0.1, 0.15) is 110 Å². The molecule has 1 aliphatic heterocycles. The van der Waals surface area contributed by atoms with Crippen molar-refractivity contribution in [2.75, 3.05) is 13.1 Å². The molecule has 1 aromatic carbocycles. The first-order chi connectivity index (χ1) is 18.6. The molecule has 0 bridgehead atoms. The van der Waals surface area contributed by atoms with E-state index in [4.69, 9.17) is 4.74 Å². The van der Waals surface area contributed by atoms with Gasteiger partial charge in [0.15, 0.2) is 0 Å². The van der Waals surface area contributed by atoms with Gasteiger partial charge in [-0.2, -0.15) is 0 Å². The predicted molar refractivity (Wildman–Crippen MR) is 153 cm³/mol. The van der Waals surface area contributed by atoms with E-state index in [2.05, 4.69) is 23.8 Å². The van der Waals surface area contributed by atoms with E-state index in [1.807, 2.05) is 41.6 Å². The number of hydrogen-bond acceptors (Lipinski definition) is 5. The first-order valence-corrected chi connectivity index (χ1v) is 15.0. The van der Waals surface area contributed by atoms with Gasteiger partial charge in [-0.25, -0.2) is 9.97 Å². The van der Waals surface area contributed by atoms with Gasteiger partial charge in [0.05, 0.1) is 5.92 Å². The van der Waals surface area contributed by atoms with Crippen molar-refractivity contribution in [3.8, 4) is 16.9 Å². The number of piperidine rings is 1. The molecule has 0 unspecified atom stereocenters. The number of unbranched alkanes of at least 4 members (excludes halogenated alkanes) is 9. The van der Waals surface area contributed by atoms with E-state index in [9.17, 15) is 9.59 Å². The van der Waals surface area contributed by atoms with Crippen molar-refractivity contribution in [2.45, 2.75) is 110 Å². The molecule has 6 nitrogen and oxygen atoms in total. The standard InChI is InChI=1S/C32H47N3O3/c1-3-5-7-9-11-12-14-30-33-24-28(25-34-30)26-16-18-29(19-17-26)38-32(37)27-20-22-35(23-21-27)31(36)15-13-10-8-6-4-2/h16-19,24-25,27H,3-15,20-23H2,1-2H3. The lowest BCUT2D eigenvalue weighted by Crippen LogP contribution is -2.41. The van der Waals surface area contributed by atoms with Crippen LogP contribution < -0.4 is 4.74 Å². The predicted octanol–water partition coefficient (Wildman–Crippen LogP) is 7.55. The molecule has 1 aromatic heterocycles. The van der Waals surface area contributed by atoms with Gasteiger partial charge >= 0.3 is 5.97 Å². The molecule has 0 atom stereocenters. The summed E-state index contributed by atoms with van der Waals surface area (Å²) >= 11 is 0. The van der Waals surface area contributed by atoms with Crippen molar-refractivity contribution >= 4 is 11.9 Å². The summed E-state index contributed by atoms with van der Waals surface area (Å²) in [6.45, 7) is 5.71. The molecular weight excluding hydrogens is 474 g/mol. The molecule has 38 heavy (non-hydrogen) atoms. The van der Waals surface area contributed by atoms with Crippen LogP contribution in [-0.2, 0) is 16.0 Å². The minimum absolute atomic E-state index is 0.157. The third-order valence-electron chi connectivity index (χ3n) is 7.54. The van der Waals surface area contributed by atoms with E-state index in [-0.39, 0.29) is 17.8 Å². The van der Waals surface area contributed by atoms with Crippen LogP contribution in [0.4, 0.5) is 0 Å². The van der Waals surface area contributed by atoms with Crippen molar-refractivity contribution in [3.63, 3.8) is 0 Å². The molecule has 6 heteroatoms. The molecule has 3 rings (SSSR count). The zero-order valence-corrected chi connectivity index (χ0v) is 23.6. The van der Waals surface area contributed by atoms with Gasteiger partial charge in [0.25, 0.3) is 0 Å². The lowest BCUT2D eigenvalue weighted by molar-refractivity contribution is -0.143. The summed E-state index contributed by atoms with van der Waals surface area (Å²) in [6, 6.07) is 7.54. The van der Waals surface area contributed by atoms with E-state index in [1.165, 1.54) is 51.4 Å². The smallest absolute Gasteiger partial charge is 0.314 e. The maximum Gasteiger partial charge on any atom is 0.314 e. The minimum Gasteiger partial charge on any atom is -0.426 e.